The van der Waals surface area contributed by atoms with Crippen molar-refractivity contribution in [1.29, 1.82) is 0 Å². The lowest BCUT2D eigenvalue weighted by Crippen LogP contribution is -2.69. The van der Waals surface area contributed by atoms with Gasteiger partial charge in [-0.05, 0) is 60.3 Å². The van der Waals surface area contributed by atoms with Gasteiger partial charge in [0.1, 0.15) is 0 Å². The van der Waals surface area contributed by atoms with Crippen molar-refractivity contribution in [2.24, 2.45) is 0 Å². The van der Waals surface area contributed by atoms with Crippen LogP contribution < -0.4 is 5.32 Å². The van der Waals surface area contributed by atoms with Crippen molar-refractivity contribution in [2.45, 2.75) is 63.5 Å². The molecule has 2 rings (SSSR count). The van der Waals surface area contributed by atoms with Gasteiger partial charge in [-0.15, -0.1) is 0 Å². The summed E-state index contributed by atoms with van der Waals surface area (Å²) in [6.07, 6.45) is 8.30. The van der Waals surface area contributed by atoms with Crippen molar-refractivity contribution in [3.63, 3.8) is 0 Å². The van der Waals surface area contributed by atoms with Crippen LogP contribution in [-0.4, -0.2) is 61.2 Å². The number of rotatable bonds is 4. The molecule has 3 nitrogen and oxygen atoms in total. The maximum Gasteiger partial charge on any atom is 0.0313 e. The summed E-state index contributed by atoms with van der Waals surface area (Å²) in [5.74, 6) is 0. The molecule has 0 radical (unpaired) electrons. The number of nitrogens with one attached hydrogen (secondary N) is 1. The van der Waals surface area contributed by atoms with Crippen LogP contribution in [-0.2, 0) is 0 Å². The second-order valence-corrected chi connectivity index (χ2v) is 7.72. The summed E-state index contributed by atoms with van der Waals surface area (Å²) in [7, 11) is 4.34. The van der Waals surface area contributed by atoms with E-state index in [-0.39, 0.29) is 5.54 Å². The van der Waals surface area contributed by atoms with Crippen LogP contribution in [0, 0.1) is 0 Å². The second-order valence-electron chi connectivity index (χ2n) is 7.72. The zero-order chi connectivity index (χ0) is 13.9. The lowest BCUT2D eigenvalue weighted by Gasteiger charge is -2.53. The summed E-state index contributed by atoms with van der Waals surface area (Å²) in [6.45, 7) is 9.68. The lowest BCUT2D eigenvalue weighted by molar-refractivity contribution is 0.0357. The van der Waals surface area contributed by atoms with Crippen molar-refractivity contribution in [1.82, 2.24) is 15.1 Å². The summed E-state index contributed by atoms with van der Waals surface area (Å²) >= 11 is 0. The van der Waals surface area contributed by atoms with Crippen molar-refractivity contribution in [2.75, 3.05) is 40.3 Å². The molecule has 19 heavy (non-hydrogen) atoms. The third-order valence-corrected chi connectivity index (χ3v) is 4.64. The van der Waals surface area contributed by atoms with Gasteiger partial charge in [0, 0.05) is 24.2 Å². The van der Waals surface area contributed by atoms with E-state index in [2.05, 4.69) is 43.1 Å². The Balaban J connectivity index is 1.92. The van der Waals surface area contributed by atoms with Crippen LogP contribution in [0.3, 0.4) is 0 Å². The molecule has 112 valence electrons. The summed E-state index contributed by atoms with van der Waals surface area (Å²) in [5, 5.41) is 3.99. The SMILES string of the molecule is CN(C)CCCN1CC(C)(C)NC2(CCCCC2)C1. The molecule has 3 heteroatoms. The summed E-state index contributed by atoms with van der Waals surface area (Å²) in [6, 6.07) is 0. The molecule has 0 atom stereocenters. The summed E-state index contributed by atoms with van der Waals surface area (Å²) in [4.78, 5) is 5.01. The Bertz CT molecular complexity index is 280. The monoisotopic (exact) mass is 267 g/mol. The Kier molecular flexibility index (Phi) is 4.91. The Hall–Kier alpha value is -0.120. The molecule has 1 saturated carbocycles. The first-order chi connectivity index (χ1) is 8.91. The smallest absolute Gasteiger partial charge is 0.0313 e. The van der Waals surface area contributed by atoms with Crippen LogP contribution in [0.1, 0.15) is 52.4 Å². The molecule has 2 aliphatic rings. The maximum atomic E-state index is 3.99. The molecular weight excluding hydrogens is 234 g/mol. The first-order valence-corrected chi connectivity index (χ1v) is 8.07. The van der Waals surface area contributed by atoms with Crippen molar-refractivity contribution >= 4 is 0 Å². The molecule has 1 spiro atoms. The summed E-state index contributed by atoms with van der Waals surface area (Å²) in [5.41, 5.74) is 0.686. The third kappa shape index (κ3) is 4.44. The third-order valence-electron chi connectivity index (χ3n) is 4.64. The van der Waals surface area contributed by atoms with Crippen molar-refractivity contribution in [3.8, 4) is 0 Å². The maximum absolute atomic E-state index is 3.99. The summed E-state index contributed by atoms with van der Waals surface area (Å²) < 4.78 is 0. The van der Waals surface area contributed by atoms with Crippen LogP contribution in [0.15, 0.2) is 0 Å². The predicted octanol–water partition coefficient (Wildman–Crippen LogP) is 2.32. The van der Waals surface area contributed by atoms with E-state index in [4.69, 9.17) is 0 Å². The molecule has 1 aliphatic heterocycles. The average Bonchev–Trinajstić information content (AvgIpc) is 2.26. The molecule has 1 saturated heterocycles. The Morgan fingerprint density at radius 2 is 1.74 bits per heavy atom. The molecule has 0 unspecified atom stereocenters. The minimum Gasteiger partial charge on any atom is -0.309 e. The topological polar surface area (TPSA) is 18.5 Å². The highest BCUT2D eigenvalue weighted by atomic mass is 15.3. The van der Waals surface area contributed by atoms with Crippen LogP contribution in [0.5, 0.6) is 0 Å². The predicted molar refractivity (Wildman–Crippen MR) is 82.6 cm³/mol. The number of piperazine rings is 1. The van der Waals surface area contributed by atoms with Gasteiger partial charge in [-0.25, -0.2) is 0 Å². The minimum atomic E-state index is 0.272. The van der Waals surface area contributed by atoms with E-state index in [1.807, 2.05) is 0 Å². The standard InChI is InChI=1S/C16H33N3/c1-15(2)13-19(12-8-11-18(3)4)14-16(17-15)9-6-5-7-10-16/h17H,5-14H2,1-4H3. The van der Waals surface area contributed by atoms with Gasteiger partial charge in [-0.3, -0.25) is 4.90 Å². The Morgan fingerprint density at radius 1 is 1.05 bits per heavy atom. The first kappa shape index (κ1) is 15.3. The van der Waals surface area contributed by atoms with Gasteiger partial charge < -0.3 is 10.2 Å². The van der Waals surface area contributed by atoms with E-state index in [1.165, 1.54) is 64.7 Å². The van der Waals surface area contributed by atoms with Crippen molar-refractivity contribution in [3.05, 3.63) is 0 Å². The van der Waals surface area contributed by atoms with Gasteiger partial charge in [0.15, 0.2) is 0 Å². The Morgan fingerprint density at radius 3 is 2.37 bits per heavy atom. The van der Waals surface area contributed by atoms with Gasteiger partial charge >= 0.3 is 0 Å². The molecule has 0 aromatic carbocycles. The van der Waals surface area contributed by atoms with E-state index in [0.29, 0.717) is 5.54 Å². The van der Waals surface area contributed by atoms with E-state index in [0.717, 1.165) is 0 Å². The van der Waals surface area contributed by atoms with Gasteiger partial charge in [-0.2, -0.15) is 0 Å². The fourth-order valence-electron chi connectivity index (χ4n) is 4.12. The second kappa shape index (κ2) is 6.11. The molecule has 1 heterocycles. The lowest BCUT2D eigenvalue weighted by atomic mass is 9.77. The molecule has 0 amide bonds. The van der Waals surface area contributed by atoms with Gasteiger partial charge in [0.25, 0.3) is 0 Å². The molecular formula is C16H33N3. The van der Waals surface area contributed by atoms with Gasteiger partial charge in [0.05, 0.1) is 0 Å². The zero-order valence-electron chi connectivity index (χ0n) is 13.5. The van der Waals surface area contributed by atoms with E-state index in [9.17, 15) is 0 Å². The van der Waals surface area contributed by atoms with Crippen molar-refractivity contribution < 1.29 is 0 Å². The molecule has 2 fully saturated rings. The van der Waals surface area contributed by atoms with E-state index in [1.54, 1.807) is 0 Å². The van der Waals surface area contributed by atoms with E-state index >= 15 is 0 Å². The first-order valence-electron chi connectivity index (χ1n) is 8.07. The fraction of sp³-hybridized carbons (Fsp3) is 1.00. The molecule has 0 aromatic heterocycles. The normalized spacial score (nSPS) is 27.0. The minimum absolute atomic E-state index is 0.272. The van der Waals surface area contributed by atoms with Gasteiger partial charge in [-0.1, -0.05) is 19.3 Å². The molecule has 1 aliphatic carbocycles. The number of hydrogen-bond acceptors (Lipinski definition) is 3. The number of hydrogen-bond donors (Lipinski definition) is 1. The van der Waals surface area contributed by atoms with E-state index < -0.39 is 0 Å². The molecule has 0 bridgehead atoms. The average molecular weight is 267 g/mol. The Labute approximate surface area is 119 Å². The van der Waals surface area contributed by atoms with Gasteiger partial charge in [0.2, 0.25) is 0 Å². The van der Waals surface area contributed by atoms with Crippen LogP contribution in [0.25, 0.3) is 0 Å². The largest absolute Gasteiger partial charge is 0.309 e. The van der Waals surface area contributed by atoms with Crippen LogP contribution in [0.2, 0.25) is 0 Å². The van der Waals surface area contributed by atoms with Crippen LogP contribution in [0.4, 0.5) is 0 Å². The highest BCUT2D eigenvalue weighted by molar-refractivity contribution is 5.03. The number of nitrogens with zero attached hydrogens (tertiary/aromatic N) is 2. The van der Waals surface area contributed by atoms with Crippen LogP contribution >= 0.6 is 0 Å². The zero-order valence-corrected chi connectivity index (χ0v) is 13.5. The molecule has 0 aromatic rings. The highest BCUT2D eigenvalue weighted by Crippen LogP contribution is 2.34. The quantitative estimate of drug-likeness (QED) is 0.843. The highest BCUT2D eigenvalue weighted by Gasteiger charge is 2.42. The fourth-order valence-corrected chi connectivity index (χ4v) is 4.12. The molecule has 1 N–H and O–H groups in total.